The molecule has 0 bridgehead atoms. The van der Waals surface area contributed by atoms with Crippen molar-refractivity contribution in [1.82, 2.24) is 0 Å². The van der Waals surface area contributed by atoms with Crippen molar-refractivity contribution in [2.45, 2.75) is 18.4 Å². The molecule has 6 nitrogen and oxygen atoms in total. The molecular weight excluding hydrogens is 197 g/mol. The molecule has 0 spiro atoms. The fourth-order valence-electron chi connectivity index (χ4n) is 1.29. The van der Waals surface area contributed by atoms with Crippen LogP contribution in [0.25, 0.3) is 0 Å². The van der Waals surface area contributed by atoms with Gasteiger partial charge in [-0.1, -0.05) is 0 Å². The zero-order valence-electron chi connectivity index (χ0n) is 6.88. The molecule has 0 aromatic heterocycles. The lowest BCUT2D eigenvalue weighted by Crippen LogP contribution is -2.35. The Morgan fingerprint density at radius 2 is 2.15 bits per heavy atom. The molecule has 1 aliphatic rings. The van der Waals surface area contributed by atoms with Gasteiger partial charge >= 0.3 is 13.6 Å². The van der Waals surface area contributed by atoms with E-state index in [2.05, 4.69) is 0 Å². The first-order valence-electron chi connectivity index (χ1n) is 3.82. The van der Waals surface area contributed by atoms with E-state index in [4.69, 9.17) is 20.6 Å². The number of rotatable bonds is 4. The molecule has 1 aliphatic carbocycles. The van der Waals surface area contributed by atoms with E-state index in [1.807, 2.05) is 0 Å². The summed E-state index contributed by atoms with van der Waals surface area (Å²) in [5.74, 6) is -1.39. The molecule has 1 rings (SSSR count). The summed E-state index contributed by atoms with van der Waals surface area (Å²) in [5, 5.41) is 8.59. The minimum Gasteiger partial charge on any atom is -0.480 e. The first-order valence-corrected chi connectivity index (χ1v) is 5.62. The third-order valence-electron chi connectivity index (χ3n) is 2.32. The Balaban J connectivity index is 2.37. The summed E-state index contributed by atoms with van der Waals surface area (Å²) in [6, 6.07) is 0. The average molecular weight is 209 g/mol. The van der Waals surface area contributed by atoms with Gasteiger partial charge in [-0.05, 0) is 18.8 Å². The Bertz CT molecular complexity index is 274. The second-order valence-corrected chi connectivity index (χ2v) is 5.20. The lowest BCUT2D eigenvalue weighted by atomic mass is 10.2. The smallest absolute Gasteiger partial charge is 0.325 e. The van der Waals surface area contributed by atoms with E-state index in [0.717, 1.165) is 0 Å². The summed E-state index contributed by atoms with van der Waals surface area (Å²) in [6.45, 7) is 0. The van der Waals surface area contributed by atoms with Gasteiger partial charge < -0.3 is 20.6 Å². The van der Waals surface area contributed by atoms with Crippen LogP contribution in [0.3, 0.4) is 0 Å². The number of hydrogen-bond acceptors (Lipinski definition) is 3. The first-order chi connectivity index (χ1) is 5.76. The number of nitrogens with two attached hydrogens (primary N) is 1. The molecule has 1 unspecified atom stereocenters. The second-order valence-electron chi connectivity index (χ2n) is 3.42. The molecule has 0 radical (unpaired) electrons. The maximum absolute atomic E-state index is 10.5. The summed E-state index contributed by atoms with van der Waals surface area (Å²) in [4.78, 5) is 27.6. The Labute approximate surface area is 74.9 Å². The highest BCUT2D eigenvalue weighted by Crippen LogP contribution is 2.47. The topological polar surface area (TPSA) is 121 Å². The van der Waals surface area contributed by atoms with Gasteiger partial charge in [-0.2, -0.15) is 0 Å². The lowest BCUT2D eigenvalue weighted by Gasteiger charge is -2.05. The molecule has 0 heterocycles. The van der Waals surface area contributed by atoms with Gasteiger partial charge in [-0.15, -0.1) is 0 Å². The van der Waals surface area contributed by atoms with Crippen molar-refractivity contribution >= 4 is 13.6 Å². The number of carboxylic acids is 1. The van der Waals surface area contributed by atoms with E-state index >= 15 is 0 Å². The van der Waals surface area contributed by atoms with Crippen molar-refractivity contribution in [3.63, 3.8) is 0 Å². The molecule has 2 atom stereocenters. The molecule has 13 heavy (non-hydrogen) atoms. The van der Waals surface area contributed by atoms with Crippen molar-refractivity contribution in [2.24, 2.45) is 11.7 Å². The zero-order chi connectivity index (χ0) is 10.3. The third kappa shape index (κ3) is 2.51. The predicted octanol–water partition coefficient (Wildman–Crippen LogP) is -0.644. The van der Waals surface area contributed by atoms with Crippen molar-refractivity contribution < 1.29 is 24.3 Å². The molecule has 5 N–H and O–H groups in total. The van der Waals surface area contributed by atoms with Crippen LogP contribution in [0.2, 0.25) is 0 Å². The molecule has 0 aliphatic heterocycles. The number of carboxylic acid groups (broad SMARTS) is 1. The van der Waals surface area contributed by atoms with Crippen molar-refractivity contribution in [3.05, 3.63) is 0 Å². The number of hydrogen-bond donors (Lipinski definition) is 4. The first kappa shape index (κ1) is 10.7. The maximum Gasteiger partial charge on any atom is 0.325 e. The van der Waals surface area contributed by atoms with Gasteiger partial charge in [-0.25, -0.2) is 0 Å². The third-order valence-corrected chi connectivity index (χ3v) is 3.16. The molecule has 1 fully saturated rings. The number of carbonyl (C=O) groups is 1. The summed E-state index contributed by atoms with van der Waals surface area (Å²) in [7, 11) is -4.01. The summed E-state index contributed by atoms with van der Waals surface area (Å²) in [5.41, 5.74) is 4.17. The van der Waals surface area contributed by atoms with E-state index in [0.29, 0.717) is 6.42 Å². The van der Waals surface area contributed by atoms with Gasteiger partial charge in [0.15, 0.2) is 0 Å². The van der Waals surface area contributed by atoms with Crippen LogP contribution in [0.5, 0.6) is 0 Å². The highest BCUT2D eigenvalue weighted by Gasteiger charge is 2.57. The summed E-state index contributed by atoms with van der Waals surface area (Å²) >= 11 is 0. The minimum atomic E-state index is -4.01. The Kier molecular flexibility index (Phi) is 2.51. The molecule has 0 aromatic carbocycles. The van der Waals surface area contributed by atoms with Crippen LogP contribution in [-0.2, 0) is 9.36 Å². The van der Waals surface area contributed by atoms with Crippen LogP contribution in [0.1, 0.15) is 12.8 Å². The number of aliphatic carboxylic acids is 1. The standard InChI is InChI=1S/C6H12NO5P/c7-6(5(8)9)3-4(6)1-2-13(10,11)12/h4H,1-3,7H2,(H,8,9)(H2,10,11,12)/t4?,6-/m0/s1. The fourth-order valence-corrected chi connectivity index (χ4v) is 1.94. The maximum atomic E-state index is 10.5. The van der Waals surface area contributed by atoms with E-state index in [1.54, 1.807) is 0 Å². The van der Waals surface area contributed by atoms with Crippen molar-refractivity contribution in [2.75, 3.05) is 6.16 Å². The van der Waals surface area contributed by atoms with Crippen molar-refractivity contribution in [1.29, 1.82) is 0 Å². The molecule has 0 saturated heterocycles. The lowest BCUT2D eigenvalue weighted by molar-refractivity contribution is -0.140. The zero-order valence-corrected chi connectivity index (χ0v) is 7.78. The van der Waals surface area contributed by atoms with Crippen LogP contribution >= 0.6 is 7.60 Å². The molecule has 0 amide bonds. The van der Waals surface area contributed by atoms with E-state index < -0.39 is 19.1 Å². The Hall–Kier alpha value is -0.420. The SMILES string of the molecule is N[C@@]1(C(=O)O)CC1CCP(=O)(O)O. The van der Waals surface area contributed by atoms with Crippen LogP contribution in [-0.4, -0.2) is 32.6 Å². The van der Waals surface area contributed by atoms with Gasteiger partial charge in [-0.3, -0.25) is 9.36 Å². The second kappa shape index (κ2) is 3.06. The largest absolute Gasteiger partial charge is 0.480 e. The van der Waals surface area contributed by atoms with E-state index in [9.17, 15) is 9.36 Å². The summed E-state index contributed by atoms with van der Waals surface area (Å²) < 4.78 is 10.5. The van der Waals surface area contributed by atoms with Crippen LogP contribution in [0.15, 0.2) is 0 Å². The van der Waals surface area contributed by atoms with Crippen LogP contribution in [0.4, 0.5) is 0 Å². The molecule has 7 heteroatoms. The van der Waals surface area contributed by atoms with E-state index in [-0.39, 0.29) is 18.5 Å². The normalized spacial score (nSPS) is 33.0. The van der Waals surface area contributed by atoms with Crippen LogP contribution < -0.4 is 5.73 Å². The van der Waals surface area contributed by atoms with Gasteiger partial charge in [0.1, 0.15) is 5.54 Å². The Morgan fingerprint density at radius 1 is 1.62 bits per heavy atom. The van der Waals surface area contributed by atoms with Gasteiger partial charge in [0, 0.05) is 0 Å². The minimum absolute atomic E-state index is 0.174. The molecule has 1 saturated carbocycles. The fraction of sp³-hybridized carbons (Fsp3) is 0.833. The van der Waals surface area contributed by atoms with Gasteiger partial charge in [0.2, 0.25) is 0 Å². The monoisotopic (exact) mass is 209 g/mol. The highest BCUT2D eigenvalue weighted by atomic mass is 31.2. The van der Waals surface area contributed by atoms with Gasteiger partial charge in [0.05, 0.1) is 6.16 Å². The molecule has 0 aromatic rings. The highest BCUT2D eigenvalue weighted by molar-refractivity contribution is 7.51. The van der Waals surface area contributed by atoms with Crippen molar-refractivity contribution in [3.8, 4) is 0 Å². The molecule has 76 valence electrons. The predicted molar refractivity (Wildman–Crippen MR) is 44.2 cm³/mol. The summed E-state index contributed by atoms with van der Waals surface area (Å²) in [6.07, 6.45) is 0.194. The molecular formula is C6H12NO5P. The van der Waals surface area contributed by atoms with Crippen LogP contribution in [0, 0.1) is 5.92 Å². The average Bonchev–Trinajstić information content (AvgIpc) is 2.58. The van der Waals surface area contributed by atoms with Gasteiger partial charge in [0.25, 0.3) is 0 Å². The quantitative estimate of drug-likeness (QED) is 0.457. The Morgan fingerprint density at radius 3 is 2.46 bits per heavy atom. The van der Waals surface area contributed by atoms with E-state index in [1.165, 1.54) is 0 Å².